The molecule has 0 aliphatic carbocycles. The number of halogens is 1. The number of rotatable bonds is 4. The summed E-state index contributed by atoms with van der Waals surface area (Å²) in [7, 11) is 1.86. The first-order valence-electron chi connectivity index (χ1n) is 5.86. The third-order valence-corrected chi connectivity index (χ3v) is 3.09. The highest BCUT2D eigenvalue weighted by atomic mass is 35.5. The van der Waals surface area contributed by atoms with Gasteiger partial charge in [-0.2, -0.15) is 0 Å². The molecule has 0 unspecified atom stereocenters. The first kappa shape index (κ1) is 13.4. The Morgan fingerprint density at radius 2 is 1.95 bits per heavy atom. The van der Waals surface area contributed by atoms with Crippen molar-refractivity contribution in [2.75, 3.05) is 11.9 Å². The van der Waals surface area contributed by atoms with E-state index in [-0.39, 0.29) is 0 Å². The molecule has 0 spiro atoms. The fourth-order valence-electron chi connectivity index (χ4n) is 1.98. The zero-order chi connectivity index (χ0) is 13.8. The molecule has 0 aliphatic rings. The summed E-state index contributed by atoms with van der Waals surface area (Å²) in [5.74, 6) is -0.923. The molecule has 0 radical (unpaired) electrons. The molecule has 0 saturated heterocycles. The van der Waals surface area contributed by atoms with Crippen LogP contribution in [0.4, 0.5) is 5.69 Å². The van der Waals surface area contributed by atoms with Crippen LogP contribution in [0.25, 0.3) is 0 Å². The van der Waals surface area contributed by atoms with E-state index in [1.54, 1.807) is 18.2 Å². The fraction of sp³-hybridized carbons (Fsp3) is 0.133. The quantitative estimate of drug-likeness (QED) is 0.925. The van der Waals surface area contributed by atoms with Crippen molar-refractivity contribution in [2.24, 2.45) is 0 Å². The number of hydrogen-bond donors (Lipinski definition) is 1. The summed E-state index contributed by atoms with van der Waals surface area (Å²) < 4.78 is 0. The van der Waals surface area contributed by atoms with E-state index >= 15 is 0 Å². The van der Waals surface area contributed by atoms with E-state index in [0.717, 1.165) is 5.56 Å². The fourth-order valence-corrected chi connectivity index (χ4v) is 2.19. The van der Waals surface area contributed by atoms with E-state index in [2.05, 4.69) is 0 Å². The summed E-state index contributed by atoms with van der Waals surface area (Å²) in [4.78, 5) is 13.1. The average Bonchev–Trinajstić information content (AvgIpc) is 2.38. The van der Waals surface area contributed by atoms with Crippen LogP contribution in [0.5, 0.6) is 0 Å². The van der Waals surface area contributed by atoms with Gasteiger partial charge in [0.25, 0.3) is 0 Å². The smallest absolute Gasteiger partial charge is 0.337 e. The second kappa shape index (κ2) is 5.76. The molecular weight excluding hydrogens is 262 g/mol. The van der Waals surface area contributed by atoms with Gasteiger partial charge in [-0.1, -0.05) is 35.9 Å². The van der Waals surface area contributed by atoms with Crippen molar-refractivity contribution in [3.8, 4) is 0 Å². The van der Waals surface area contributed by atoms with Crippen LogP contribution >= 0.6 is 11.6 Å². The minimum Gasteiger partial charge on any atom is -0.478 e. The third-order valence-electron chi connectivity index (χ3n) is 2.85. The van der Waals surface area contributed by atoms with Crippen molar-refractivity contribution in [3.63, 3.8) is 0 Å². The molecule has 0 heterocycles. The molecule has 4 heteroatoms. The SMILES string of the molecule is CN(Cc1cccc(Cl)c1)c1ccccc1C(=O)O. The monoisotopic (exact) mass is 275 g/mol. The van der Waals surface area contributed by atoms with E-state index in [1.807, 2.05) is 42.3 Å². The zero-order valence-corrected chi connectivity index (χ0v) is 11.3. The van der Waals surface area contributed by atoms with Gasteiger partial charge in [-0.3, -0.25) is 0 Å². The Bertz CT molecular complexity index is 598. The van der Waals surface area contributed by atoms with Crippen LogP contribution in [0.15, 0.2) is 48.5 Å². The lowest BCUT2D eigenvalue weighted by atomic mass is 10.1. The lowest BCUT2D eigenvalue weighted by molar-refractivity contribution is 0.0697. The highest BCUT2D eigenvalue weighted by molar-refractivity contribution is 6.30. The molecule has 0 bridgehead atoms. The van der Waals surface area contributed by atoms with Gasteiger partial charge in [0.2, 0.25) is 0 Å². The molecule has 0 aliphatic heterocycles. The molecule has 0 atom stereocenters. The molecule has 2 aromatic carbocycles. The van der Waals surface area contributed by atoms with Gasteiger partial charge < -0.3 is 10.0 Å². The number of hydrogen-bond acceptors (Lipinski definition) is 2. The molecule has 2 aromatic rings. The predicted molar refractivity (Wildman–Crippen MR) is 77.0 cm³/mol. The minimum atomic E-state index is -0.923. The van der Waals surface area contributed by atoms with Crippen LogP contribution in [0, 0.1) is 0 Å². The van der Waals surface area contributed by atoms with Crippen molar-refractivity contribution in [1.82, 2.24) is 0 Å². The summed E-state index contributed by atoms with van der Waals surface area (Å²) in [6, 6.07) is 14.5. The van der Waals surface area contributed by atoms with E-state index in [1.165, 1.54) is 0 Å². The Hall–Kier alpha value is -2.00. The van der Waals surface area contributed by atoms with Crippen LogP contribution in [-0.4, -0.2) is 18.1 Å². The van der Waals surface area contributed by atoms with E-state index < -0.39 is 5.97 Å². The first-order valence-corrected chi connectivity index (χ1v) is 6.23. The standard InChI is InChI=1S/C15H14ClNO2/c1-17(10-11-5-4-6-12(16)9-11)14-8-3-2-7-13(14)15(18)19/h2-9H,10H2,1H3,(H,18,19). The lowest BCUT2D eigenvalue weighted by Gasteiger charge is -2.21. The third kappa shape index (κ3) is 3.26. The Morgan fingerprint density at radius 3 is 2.63 bits per heavy atom. The summed E-state index contributed by atoms with van der Waals surface area (Å²) in [5.41, 5.74) is 2.03. The molecule has 1 N–H and O–H groups in total. The maximum Gasteiger partial charge on any atom is 0.337 e. The zero-order valence-electron chi connectivity index (χ0n) is 10.5. The lowest BCUT2D eigenvalue weighted by Crippen LogP contribution is -2.19. The maximum atomic E-state index is 11.2. The highest BCUT2D eigenvalue weighted by Gasteiger charge is 2.12. The number of aromatic carboxylic acids is 1. The number of carboxylic acid groups (broad SMARTS) is 1. The van der Waals surface area contributed by atoms with Crippen LogP contribution in [-0.2, 0) is 6.54 Å². The molecule has 0 saturated carbocycles. The summed E-state index contributed by atoms with van der Waals surface area (Å²) in [6.07, 6.45) is 0. The van der Waals surface area contributed by atoms with Crippen molar-refractivity contribution in [2.45, 2.75) is 6.54 Å². The van der Waals surface area contributed by atoms with Crippen molar-refractivity contribution >= 4 is 23.3 Å². The predicted octanol–water partition coefficient (Wildman–Crippen LogP) is 3.67. The summed E-state index contributed by atoms with van der Waals surface area (Å²) in [5, 5.41) is 9.86. The van der Waals surface area contributed by atoms with Gasteiger partial charge in [-0.25, -0.2) is 4.79 Å². The van der Waals surface area contributed by atoms with Gasteiger partial charge in [0.1, 0.15) is 0 Å². The molecule has 0 amide bonds. The Kier molecular flexibility index (Phi) is 4.07. The van der Waals surface area contributed by atoms with E-state index in [9.17, 15) is 9.90 Å². The van der Waals surface area contributed by atoms with Gasteiger partial charge in [-0.15, -0.1) is 0 Å². The highest BCUT2D eigenvalue weighted by Crippen LogP contribution is 2.21. The molecule has 2 rings (SSSR count). The maximum absolute atomic E-state index is 11.2. The van der Waals surface area contributed by atoms with Crippen LogP contribution in [0.1, 0.15) is 15.9 Å². The molecule has 19 heavy (non-hydrogen) atoms. The number of para-hydroxylation sites is 1. The minimum absolute atomic E-state index is 0.298. The largest absolute Gasteiger partial charge is 0.478 e. The summed E-state index contributed by atoms with van der Waals surface area (Å²) in [6.45, 7) is 0.602. The topological polar surface area (TPSA) is 40.5 Å². The van der Waals surface area contributed by atoms with Gasteiger partial charge in [0, 0.05) is 18.6 Å². The Labute approximate surface area is 117 Å². The second-order valence-electron chi connectivity index (χ2n) is 4.31. The number of carbonyl (C=O) groups is 1. The molecule has 0 fully saturated rings. The molecule has 0 aromatic heterocycles. The number of carboxylic acids is 1. The number of nitrogens with zero attached hydrogens (tertiary/aromatic N) is 1. The Morgan fingerprint density at radius 1 is 1.21 bits per heavy atom. The van der Waals surface area contributed by atoms with Crippen LogP contribution < -0.4 is 4.90 Å². The van der Waals surface area contributed by atoms with Crippen molar-refractivity contribution in [1.29, 1.82) is 0 Å². The van der Waals surface area contributed by atoms with Gasteiger partial charge in [-0.05, 0) is 29.8 Å². The van der Waals surface area contributed by atoms with Gasteiger partial charge >= 0.3 is 5.97 Å². The van der Waals surface area contributed by atoms with Crippen LogP contribution in [0.2, 0.25) is 5.02 Å². The second-order valence-corrected chi connectivity index (χ2v) is 4.74. The molecule has 3 nitrogen and oxygen atoms in total. The van der Waals surface area contributed by atoms with Crippen molar-refractivity contribution < 1.29 is 9.90 Å². The molecular formula is C15H14ClNO2. The van der Waals surface area contributed by atoms with Gasteiger partial charge in [0.15, 0.2) is 0 Å². The number of benzene rings is 2. The summed E-state index contributed by atoms with van der Waals surface area (Å²) >= 11 is 5.94. The van der Waals surface area contributed by atoms with Gasteiger partial charge in [0.05, 0.1) is 11.3 Å². The normalized spacial score (nSPS) is 10.2. The average molecular weight is 276 g/mol. The van der Waals surface area contributed by atoms with Crippen molar-refractivity contribution in [3.05, 3.63) is 64.7 Å². The Balaban J connectivity index is 2.25. The first-order chi connectivity index (χ1) is 9.08. The van der Waals surface area contributed by atoms with E-state index in [0.29, 0.717) is 22.8 Å². The number of anilines is 1. The van der Waals surface area contributed by atoms with E-state index in [4.69, 9.17) is 11.6 Å². The molecule has 98 valence electrons. The van der Waals surface area contributed by atoms with Crippen LogP contribution in [0.3, 0.4) is 0 Å².